The predicted octanol–water partition coefficient (Wildman–Crippen LogP) is 3.65. The Hall–Kier alpha value is -2.36. The first kappa shape index (κ1) is 18.7. The summed E-state index contributed by atoms with van der Waals surface area (Å²) < 4.78 is 17.6. The van der Waals surface area contributed by atoms with Crippen LogP contribution in [-0.2, 0) is 25.3 Å². The van der Waals surface area contributed by atoms with Crippen LogP contribution in [0.2, 0.25) is 0 Å². The fourth-order valence-corrected chi connectivity index (χ4v) is 6.85. The molecule has 1 saturated carbocycles. The number of nitrogen functional groups attached to an aromatic ring is 1. The summed E-state index contributed by atoms with van der Waals surface area (Å²) >= 11 is 0.371. The van der Waals surface area contributed by atoms with E-state index in [4.69, 9.17) is 10.7 Å². The minimum Gasteiger partial charge on any atom is -0.611 e. The zero-order valence-electron chi connectivity index (χ0n) is 16.5. The van der Waals surface area contributed by atoms with E-state index in [2.05, 4.69) is 10.1 Å². The number of anilines is 1. The molecule has 4 heterocycles. The quantitative estimate of drug-likeness (QED) is 0.502. The smallest absolute Gasteiger partial charge is 0.232 e. The third-order valence-corrected chi connectivity index (χ3v) is 9.00. The molecular weight excluding hydrogens is 404 g/mol. The third kappa shape index (κ3) is 2.95. The average Bonchev–Trinajstić information content (AvgIpc) is 3.32. The molecule has 9 heteroatoms. The second-order valence-electron chi connectivity index (χ2n) is 7.54. The van der Waals surface area contributed by atoms with E-state index < -0.39 is 11.2 Å². The summed E-state index contributed by atoms with van der Waals surface area (Å²) in [5.74, 6) is 0.917. The van der Waals surface area contributed by atoms with Crippen molar-refractivity contribution in [1.29, 1.82) is 0 Å². The molecule has 2 N–H and O–H groups in total. The minimum atomic E-state index is -1.08. The van der Waals surface area contributed by atoms with Crippen molar-refractivity contribution < 1.29 is 4.55 Å². The van der Waals surface area contributed by atoms with Crippen molar-refractivity contribution in [3.05, 3.63) is 30.5 Å². The Morgan fingerprint density at radius 1 is 1.28 bits per heavy atom. The van der Waals surface area contributed by atoms with Crippen LogP contribution in [0.1, 0.15) is 25.1 Å². The number of imidazole rings is 1. The summed E-state index contributed by atoms with van der Waals surface area (Å²) in [5.41, 5.74) is 10.8. The van der Waals surface area contributed by atoms with Gasteiger partial charge in [0.25, 0.3) is 0 Å². The van der Waals surface area contributed by atoms with Crippen molar-refractivity contribution in [1.82, 2.24) is 24.3 Å². The fraction of sp³-hybridized carbons (Fsp3) is 0.350. The van der Waals surface area contributed by atoms with Gasteiger partial charge in [-0.05, 0) is 32.3 Å². The number of nitrogens with zero attached hydrogens (tertiary/aromatic N) is 5. The number of nitrogens with two attached hydrogens (primary N) is 1. The average molecular weight is 427 g/mol. The minimum absolute atomic E-state index is 0.213. The van der Waals surface area contributed by atoms with Gasteiger partial charge in [0.15, 0.2) is 0 Å². The molecule has 0 saturated heterocycles. The number of thiophene rings is 1. The molecule has 0 amide bonds. The van der Waals surface area contributed by atoms with E-state index >= 15 is 0 Å². The second kappa shape index (κ2) is 6.86. The lowest BCUT2D eigenvalue weighted by Gasteiger charge is -2.27. The second-order valence-corrected chi connectivity index (χ2v) is 10.5. The lowest BCUT2D eigenvalue weighted by molar-refractivity contribution is 0.478. The molecule has 4 aromatic rings. The van der Waals surface area contributed by atoms with Crippen LogP contribution in [0, 0.1) is 6.92 Å². The zero-order chi connectivity index (χ0) is 20.3. The van der Waals surface area contributed by atoms with Gasteiger partial charge in [-0.15, -0.1) is 0 Å². The van der Waals surface area contributed by atoms with E-state index in [9.17, 15) is 4.55 Å². The van der Waals surface area contributed by atoms with Crippen LogP contribution in [0.4, 0.5) is 5.69 Å². The third-order valence-electron chi connectivity index (χ3n) is 5.70. The van der Waals surface area contributed by atoms with Gasteiger partial charge in [0.1, 0.15) is 21.6 Å². The van der Waals surface area contributed by atoms with Gasteiger partial charge in [-0.2, -0.15) is 5.10 Å². The van der Waals surface area contributed by atoms with Crippen LogP contribution >= 0.6 is 11.3 Å². The molecule has 5 rings (SSSR count). The maximum absolute atomic E-state index is 13.1. The van der Waals surface area contributed by atoms with E-state index in [0.29, 0.717) is 5.69 Å². The highest BCUT2D eigenvalue weighted by Crippen LogP contribution is 2.45. The molecule has 0 radical (unpaired) electrons. The van der Waals surface area contributed by atoms with Gasteiger partial charge in [0.05, 0.1) is 23.8 Å². The monoisotopic (exact) mass is 426 g/mol. The molecule has 7 nitrogen and oxygen atoms in total. The maximum atomic E-state index is 13.1. The largest absolute Gasteiger partial charge is 0.611 e. The highest BCUT2D eigenvalue weighted by molar-refractivity contribution is 7.94. The van der Waals surface area contributed by atoms with Gasteiger partial charge in [-0.3, -0.25) is 4.68 Å². The molecule has 1 aliphatic rings. The molecule has 1 fully saturated rings. The lowest BCUT2D eigenvalue weighted by Crippen LogP contribution is -2.28. The van der Waals surface area contributed by atoms with Crippen LogP contribution in [0.15, 0.2) is 28.9 Å². The topological polar surface area (TPSA) is 97.6 Å². The summed E-state index contributed by atoms with van der Waals surface area (Å²) in [4.78, 5) is 10.1. The Morgan fingerprint density at radius 3 is 2.66 bits per heavy atom. The first-order valence-corrected chi connectivity index (χ1v) is 11.6. The van der Waals surface area contributed by atoms with Crippen molar-refractivity contribution in [3.63, 3.8) is 0 Å². The Labute approximate surface area is 175 Å². The van der Waals surface area contributed by atoms with Gasteiger partial charge in [0, 0.05) is 48.0 Å². The lowest BCUT2D eigenvalue weighted by atomic mass is 10.0. The van der Waals surface area contributed by atoms with Crippen LogP contribution in [0.25, 0.3) is 32.7 Å². The van der Waals surface area contributed by atoms with Crippen molar-refractivity contribution in [3.8, 4) is 22.5 Å². The van der Waals surface area contributed by atoms with E-state index in [1.165, 1.54) is 11.3 Å². The molecule has 4 aromatic heterocycles. The van der Waals surface area contributed by atoms with E-state index in [1.807, 2.05) is 44.0 Å². The molecular formula is C20H22N6OS2. The van der Waals surface area contributed by atoms with Crippen LogP contribution in [-0.4, -0.2) is 34.1 Å². The molecule has 1 atom stereocenters. The predicted molar refractivity (Wildman–Crippen MR) is 117 cm³/mol. The molecule has 150 valence electrons. The Morgan fingerprint density at radius 2 is 2.07 bits per heavy atom. The van der Waals surface area contributed by atoms with Crippen molar-refractivity contribution >= 4 is 38.4 Å². The summed E-state index contributed by atoms with van der Waals surface area (Å²) in [7, 11) is 3.88. The molecule has 0 aliphatic heterocycles. The maximum Gasteiger partial charge on any atom is 0.232 e. The summed E-state index contributed by atoms with van der Waals surface area (Å²) in [6.07, 6.45) is 8.75. The Balaban J connectivity index is 1.77. The summed E-state index contributed by atoms with van der Waals surface area (Å²) in [6, 6.07) is 2.04. The first-order valence-electron chi connectivity index (χ1n) is 9.55. The van der Waals surface area contributed by atoms with Crippen molar-refractivity contribution in [2.24, 2.45) is 14.1 Å². The van der Waals surface area contributed by atoms with Gasteiger partial charge >= 0.3 is 0 Å². The van der Waals surface area contributed by atoms with Gasteiger partial charge < -0.3 is 14.9 Å². The highest BCUT2D eigenvalue weighted by Gasteiger charge is 2.35. The highest BCUT2D eigenvalue weighted by atomic mass is 32.2. The number of aromatic nitrogens is 5. The number of fused-ring (bicyclic) bond motifs is 1. The Kier molecular flexibility index (Phi) is 4.41. The van der Waals surface area contributed by atoms with E-state index in [0.717, 1.165) is 62.0 Å². The van der Waals surface area contributed by atoms with Gasteiger partial charge in [-0.25, -0.2) is 9.97 Å². The van der Waals surface area contributed by atoms with Crippen LogP contribution in [0.3, 0.4) is 0 Å². The van der Waals surface area contributed by atoms with Crippen LogP contribution < -0.4 is 5.73 Å². The first-order chi connectivity index (χ1) is 13.9. The zero-order valence-corrected chi connectivity index (χ0v) is 18.2. The van der Waals surface area contributed by atoms with Crippen molar-refractivity contribution in [2.45, 2.75) is 35.6 Å². The number of rotatable bonds is 4. The summed E-state index contributed by atoms with van der Waals surface area (Å²) in [5, 5.41) is 5.36. The standard InChI is InChI=1S/C20H22N6OS2/c1-11-22-9-16(26(11)3)14-7-15(12-8-23-25(2)10-12)24-19-17(14)18(21)20(28-19)29(27)13-5-4-6-13/h7-10,13H,4-6,21H2,1-3H3. The normalized spacial score (nSPS) is 15.7. The molecule has 0 aromatic carbocycles. The Bertz CT molecular complexity index is 1220. The number of hydrogen-bond acceptors (Lipinski definition) is 6. The van der Waals surface area contributed by atoms with Gasteiger partial charge in [0.2, 0.25) is 4.21 Å². The SMILES string of the molecule is Cc1ncc(-c2cc(-c3cnn(C)c3)nc3sc([S+]([O-])C4CCC4)c(N)c23)n1C. The summed E-state index contributed by atoms with van der Waals surface area (Å²) in [6.45, 7) is 1.97. The fourth-order valence-electron chi connectivity index (χ4n) is 3.64. The molecule has 29 heavy (non-hydrogen) atoms. The van der Waals surface area contributed by atoms with Crippen molar-refractivity contribution in [2.75, 3.05) is 5.73 Å². The molecule has 1 unspecified atom stereocenters. The number of hydrogen-bond donors (Lipinski definition) is 1. The molecule has 1 aliphatic carbocycles. The van der Waals surface area contributed by atoms with E-state index in [-0.39, 0.29) is 5.25 Å². The molecule has 0 spiro atoms. The number of aryl methyl sites for hydroxylation is 2. The number of pyridine rings is 1. The molecule has 0 bridgehead atoms. The van der Waals surface area contributed by atoms with Crippen LogP contribution in [0.5, 0.6) is 0 Å². The van der Waals surface area contributed by atoms with Gasteiger partial charge in [-0.1, -0.05) is 11.3 Å². The van der Waals surface area contributed by atoms with E-state index in [1.54, 1.807) is 10.9 Å².